The number of aromatic nitrogens is 6. The minimum Gasteiger partial charge on any atom is -0.377 e. The first-order chi connectivity index (χ1) is 14.9. The number of morpholine rings is 1. The molecule has 5 heterocycles. The first-order valence-corrected chi connectivity index (χ1v) is 11.7. The highest BCUT2D eigenvalue weighted by molar-refractivity contribution is 7.90. The van der Waals surface area contributed by atoms with Crippen molar-refractivity contribution in [2.24, 2.45) is 0 Å². The van der Waals surface area contributed by atoms with Gasteiger partial charge in [0.25, 0.3) is 5.95 Å². The number of nitrogens with zero attached hydrogens (tertiary/aromatic N) is 7. The van der Waals surface area contributed by atoms with Gasteiger partial charge in [-0.25, -0.2) is 27.5 Å². The number of imidazole rings is 1. The highest BCUT2D eigenvalue weighted by atomic mass is 32.2. The van der Waals surface area contributed by atoms with Crippen LogP contribution in [0.4, 0.5) is 11.8 Å². The largest absolute Gasteiger partial charge is 0.377 e. The van der Waals surface area contributed by atoms with Crippen molar-refractivity contribution in [3.63, 3.8) is 0 Å². The average Bonchev–Trinajstić information content (AvgIpc) is 3.34. The normalized spacial score (nSPS) is 17.5. The van der Waals surface area contributed by atoms with Crippen LogP contribution in [0.1, 0.15) is 6.92 Å². The van der Waals surface area contributed by atoms with E-state index in [0.29, 0.717) is 48.2 Å². The first-order valence-electron chi connectivity index (χ1n) is 9.84. The van der Waals surface area contributed by atoms with E-state index >= 15 is 0 Å². The maximum Gasteiger partial charge on any atom is 0.258 e. The lowest BCUT2D eigenvalue weighted by molar-refractivity contribution is 0.0986. The molecule has 1 fully saturated rings. The zero-order chi connectivity index (χ0) is 21.8. The van der Waals surface area contributed by atoms with Gasteiger partial charge in [-0.3, -0.25) is 0 Å². The molecule has 1 aliphatic rings. The third-order valence-corrected chi connectivity index (χ3v) is 6.37. The molecule has 31 heavy (non-hydrogen) atoms. The molecule has 0 aromatic carbocycles. The molecule has 0 saturated carbocycles. The quantitative estimate of drug-likeness (QED) is 0.496. The summed E-state index contributed by atoms with van der Waals surface area (Å²) in [5, 5.41) is 7.74. The minimum atomic E-state index is -3.52. The lowest BCUT2D eigenvalue weighted by atomic mass is 10.2. The lowest BCUT2D eigenvalue weighted by Gasteiger charge is -2.34. The number of hydrogen-bond donors (Lipinski definition) is 1. The fourth-order valence-corrected chi connectivity index (χ4v) is 4.61. The maximum atomic E-state index is 12.4. The smallest absolute Gasteiger partial charge is 0.258 e. The Bertz CT molecular complexity index is 1390. The van der Waals surface area contributed by atoms with Crippen molar-refractivity contribution >= 4 is 38.3 Å². The molecule has 1 aliphatic heterocycles. The Balaban J connectivity index is 1.84. The molecule has 0 unspecified atom stereocenters. The van der Waals surface area contributed by atoms with Crippen molar-refractivity contribution < 1.29 is 13.2 Å². The van der Waals surface area contributed by atoms with Gasteiger partial charge in [-0.2, -0.15) is 4.98 Å². The van der Waals surface area contributed by atoms with Gasteiger partial charge in [-0.05, 0) is 31.2 Å². The third kappa shape index (κ3) is 3.18. The van der Waals surface area contributed by atoms with Crippen LogP contribution in [0.5, 0.6) is 0 Å². The summed E-state index contributed by atoms with van der Waals surface area (Å²) >= 11 is 0. The molecule has 1 N–H and O–H groups in total. The van der Waals surface area contributed by atoms with E-state index in [1.807, 2.05) is 13.0 Å². The molecule has 12 heteroatoms. The first kappa shape index (κ1) is 19.7. The fourth-order valence-electron chi connectivity index (χ4n) is 3.84. The predicted octanol–water partition coefficient (Wildman–Crippen LogP) is 1.13. The van der Waals surface area contributed by atoms with Gasteiger partial charge in [0.1, 0.15) is 11.0 Å². The van der Waals surface area contributed by atoms with Crippen molar-refractivity contribution in [2.45, 2.75) is 18.0 Å². The van der Waals surface area contributed by atoms with E-state index in [1.54, 1.807) is 36.0 Å². The van der Waals surface area contributed by atoms with Crippen molar-refractivity contribution in [2.75, 3.05) is 43.3 Å². The molecule has 0 spiro atoms. The second-order valence-corrected chi connectivity index (χ2v) is 9.42. The standard InChI is InChI=1S/C19H22N8O3S/c1-12-11-30-10-9-25(12)17-14-6-7-15(31(3,28)29)27(14)24-19(23-17)26-16-13(5-4-8-21-16)22-18(26)20-2/h4-8,12H,9-11H2,1-3H3,(H,20,22)/t12-/m1/s1. The Labute approximate surface area is 178 Å². The molecule has 1 saturated heterocycles. The summed E-state index contributed by atoms with van der Waals surface area (Å²) in [5.74, 6) is 1.41. The minimum absolute atomic E-state index is 0.0679. The maximum absolute atomic E-state index is 12.4. The number of hydrogen-bond acceptors (Lipinski definition) is 9. The van der Waals surface area contributed by atoms with Crippen LogP contribution in [0.25, 0.3) is 22.6 Å². The summed E-state index contributed by atoms with van der Waals surface area (Å²) in [6.07, 6.45) is 2.84. The van der Waals surface area contributed by atoms with Crippen molar-refractivity contribution in [1.29, 1.82) is 0 Å². The number of nitrogens with one attached hydrogen (secondary N) is 1. The molecule has 11 nitrogen and oxygen atoms in total. The zero-order valence-electron chi connectivity index (χ0n) is 17.3. The third-order valence-electron chi connectivity index (χ3n) is 5.30. The van der Waals surface area contributed by atoms with Crippen LogP contribution in [0.2, 0.25) is 0 Å². The molecule has 0 aliphatic carbocycles. The van der Waals surface area contributed by atoms with E-state index in [0.717, 1.165) is 0 Å². The average molecular weight is 443 g/mol. The number of rotatable bonds is 4. The van der Waals surface area contributed by atoms with Gasteiger partial charge in [0.15, 0.2) is 26.3 Å². The molecule has 4 aromatic heterocycles. The number of anilines is 2. The van der Waals surface area contributed by atoms with Gasteiger partial charge in [-0.1, -0.05) is 0 Å². The van der Waals surface area contributed by atoms with Gasteiger partial charge >= 0.3 is 0 Å². The SMILES string of the molecule is CNc1nc2cccnc2n1-c1nc(N2CCOC[C@H]2C)c2ccc(S(C)(=O)=O)n2n1. The second kappa shape index (κ2) is 7.17. The summed E-state index contributed by atoms with van der Waals surface area (Å²) in [6.45, 7) is 3.80. The Morgan fingerprint density at radius 2 is 2.06 bits per heavy atom. The van der Waals surface area contributed by atoms with Crippen molar-refractivity contribution in [3.05, 3.63) is 30.5 Å². The summed E-state index contributed by atoms with van der Waals surface area (Å²) in [5.41, 5.74) is 1.86. The summed E-state index contributed by atoms with van der Waals surface area (Å²) in [4.78, 5) is 16.0. The Hall–Kier alpha value is -3.25. The lowest BCUT2D eigenvalue weighted by Crippen LogP contribution is -2.44. The Kier molecular flexibility index (Phi) is 4.55. The van der Waals surface area contributed by atoms with Gasteiger partial charge in [0, 0.05) is 26.0 Å². The Morgan fingerprint density at radius 3 is 2.81 bits per heavy atom. The van der Waals surface area contributed by atoms with E-state index in [2.05, 4.69) is 25.3 Å². The Morgan fingerprint density at radius 1 is 1.23 bits per heavy atom. The molecule has 0 bridgehead atoms. The summed E-state index contributed by atoms with van der Waals surface area (Å²) in [6, 6.07) is 7.01. The fraction of sp³-hybridized carbons (Fsp3) is 0.368. The summed E-state index contributed by atoms with van der Waals surface area (Å²) < 4.78 is 33.6. The zero-order valence-corrected chi connectivity index (χ0v) is 18.2. The van der Waals surface area contributed by atoms with Crippen LogP contribution >= 0.6 is 0 Å². The van der Waals surface area contributed by atoms with Gasteiger partial charge in [0.05, 0.1) is 19.3 Å². The van der Waals surface area contributed by atoms with Gasteiger partial charge < -0.3 is 15.0 Å². The van der Waals surface area contributed by atoms with Crippen molar-refractivity contribution in [1.82, 2.24) is 29.1 Å². The van der Waals surface area contributed by atoms with Crippen LogP contribution in [0, 0.1) is 0 Å². The number of fused-ring (bicyclic) bond motifs is 2. The van der Waals surface area contributed by atoms with E-state index in [1.165, 1.54) is 10.8 Å². The van der Waals surface area contributed by atoms with Crippen LogP contribution in [0.15, 0.2) is 35.5 Å². The molecular formula is C19H22N8O3S. The predicted molar refractivity (Wildman–Crippen MR) is 116 cm³/mol. The van der Waals surface area contributed by atoms with Gasteiger partial charge in [0.2, 0.25) is 5.95 Å². The molecule has 0 amide bonds. The van der Waals surface area contributed by atoms with E-state index < -0.39 is 9.84 Å². The topological polar surface area (TPSA) is 120 Å². The monoisotopic (exact) mass is 442 g/mol. The van der Waals surface area contributed by atoms with E-state index in [-0.39, 0.29) is 17.0 Å². The molecule has 1 atom stereocenters. The molecule has 0 radical (unpaired) electrons. The number of sulfone groups is 1. The molecule has 4 aromatic rings. The molecular weight excluding hydrogens is 420 g/mol. The second-order valence-electron chi connectivity index (χ2n) is 7.46. The number of pyridine rings is 1. The highest BCUT2D eigenvalue weighted by Gasteiger charge is 2.27. The van der Waals surface area contributed by atoms with E-state index in [9.17, 15) is 8.42 Å². The van der Waals surface area contributed by atoms with Gasteiger partial charge in [-0.15, -0.1) is 5.10 Å². The van der Waals surface area contributed by atoms with Crippen LogP contribution in [-0.4, -0.2) is 76.7 Å². The summed E-state index contributed by atoms with van der Waals surface area (Å²) in [7, 11) is -1.77. The van der Waals surface area contributed by atoms with Crippen LogP contribution in [-0.2, 0) is 14.6 Å². The van der Waals surface area contributed by atoms with Crippen LogP contribution in [0.3, 0.4) is 0 Å². The molecule has 162 valence electrons. The number of ether oxygens (including phenoxy) is 1. The van der Waals surface area contributed by atoms with Crippen LogP contribution < -0.4 is 10.2 Å². The molecule has 5 rings (SSSR count). The van der Waals surface area contributed by atoms with Crippen molar-refractivity contribution in [3.8, 4) is 5.95 Å². The highest BCUT2D eigenvalue weighted by Crippen LogP contribution is 2.29. The van der Waals surface area contributed by atoms with E-state index in [4.69, 9.17) is 9.72 Å².